The van der Waals surface area contributed by atoms with E-state index in [1.165, 1.54) is 4.68 Å². The minimum Gasteiger partial charge on any atom is -0.461 e. The molecule has 6 nitrogen and oxygen atoms in total. The van der Waals surface area contributed by atoms with Crippen molar-refractivity contribution in [1.29, 1.82) is 0 Å². The fraction of sp³-hybridized carbons (Fsp3) is 0.111. The summed E-state index contributed by atoms with van der Waals surface area (Å²) in [5.74, 6) is -0.0826. The van der Waals surface area contributed by atoms with Gasteiger partial charge < -0.3 is 4.74 Å². The second kappa shape index (κ2) is 7.72. The first-order chi connectivity index (χ1) is 12.2. The van der Waals surface area contributed by atoms with Crippen molar-refractivity contribution in [1.82, 2.24) is 20.2 Å². The Bertz CT molecular complexity index is 889. The van der Waals surface area contributed by atoms with Crippen LogP contribution in [0.3, 0.4) is 0 Å². The molecule has 0 unspecified atom stereocenters. The minimum atomic E-state index is -0.506. The van der Waals surface area contributed by atoms with Crippen LogP contribution in [0.15, 0.2) is 54.6 Å². The molecule has 126 valence electrons. The Kier molecular flexibility index (Phi) is 5.20. The van der Waals surface area contributed by atoms with Crippen LogP contribution in [0.2, 0.25) is 5.02 Å². The highest BCUT2D eigenvalue weighted by Gasteiger charge is 2.20. The van der Waals surface area contributed by atoms with E-state index < -0.39 is 5.97 Å². The number of hydrogen-bond acceptors (Lipinski definition) is 5. The molecule has 3 aromatic rings. The number of esters is 1. The maximum absolute atomic E-state index is 12.5. The van der Waals surface area contributed by atoms with Gasteiger partial charge in [-0.05, 0) is 53.3 Å². The Morgan fingerprint density at radius 1 is 1.16 bits per heavy atom. The van der Waals surface area contributed by atoms with Gasteiger partial charge in [-0.1, -0.05) is 41.9 Å². The Morgan fingerprint density at radius 3 is 2.56 bits per heavy atom. The third kappa shape index (κ3) is 3.92. The van der Waals surface area contributed by atoms with Crippen molar-refractivity contribution in [3.8, 4) is 11.4 Å². The number of ether oxygens (including phenoxy) is 1. The van der Waals surface area contributed by atoms with Crippen LogP contribution in [0.4, 0.5) is 0 Å². The smallest absolute Gasteiger partial charge is 0.357 e. The van der Waals surface area contributed by atoms with E-state index in [2.05, 4.69) is 15.5 Å². The van der Waals surface area contributed by atoms with E-state index in [1.54, 1.807) is 37.3 Å². The highest BCUT2D eigenvalue weighted by molar-refractivity contribution is 6.30. The molecule has 0 saturated heterocycles. The van der Waals surface area contributed by atoms with E-state index in [4.69, 9.17) is 16.3 Å². The monoisotopic (exact) mass is 354 g/mol. The van der Waals surface area contributed by atoms with E-state index in [-0.39, 0.29) is 12.3 Å². The van der Waals surface area contributed by atoms with Crippen LogP contribution in [0.25, 0.3) is 23.2 Å². The maximum atomic E-state index is 12.5. The maximum Gasteiger partial charge on any atom is 0.357 e. The number of benzene rings is 2. The topological polar surface area (TPSA) is 69.9 Å². The van der Waals surface area contributed by atoms with Crippen LogP contribution in [-0.2, 0) is 9.53 Å². The number of rotatable bonds is 5. The zero-order valence-electron chi connectivity index (χ0n) is 13.5. The molecule has 0 aliphatic rings. The molecule has 0 saturated carbocycles. The molecule has 0 spiro atoms. The third-order valence-corrected chi connectivity index (χ3v) is 3.64. The van der Waals surface area contributed by atoms with Crippen molar-refractivity contribution < 1.29 is 9.53 Å². The van der Waals surface area contributed by atoms with Crippen molar-refractivity contribution in [2.45, 2.75) is 6.92 Å². The molecule has 0 aliphatic carbocycles. The average Bonchev–Trinajstić information content (AvgIpc) is 3.10. The van der Waals surface area contributed by atoms with E-state index in [1.807, 2.05) is 30.3 Å². The molecular weight excluding hydrogens is 340 g/mol. The first-order valence-corrected chi connectivity index (χ1v) is 8.05. The van der Waals surface area contributed by atoms with E-state index in [9.17, 15) is 4.79 Å². The molecule has 25 heavy (non-hydrogen) atoms. The first-order valence-electron chi connectivity index (χ1n) is 7.67. The summed E-state index contributed by atoms with van der Waals surface area (Å²) in [6.07, 6.45) is 1.69. The molecule has 0 N–H and O–H groups in total. The molecule has 3 rings (SSSR count). The molecule has 1 aromatic heterocycles. The van der Waals surface area contributed by atoms with Crippen LogP contribution < -0.4 is 0 Å². The molecule has 0 aliphatic heterocycles. The van der Waals surface area contributed by atoms with Crippen molar-refractivity contribution in [3.63, 3.8) is 0 Å². The molecule has 1 heterocycles. The lowest BCUT2D eigenvalue weighted by atomic mass is 10.2. The zero-order valence-corrected chi connectivity index (χ0v) is 14.2. The van der Waals surface area contributed by atoms with Gasteiger partial charge in [-0.3, -0.25) is 0 Å². The van der Waals surface area contributed by atoms with E-state index in [0.717, 1.165) is 11.1 Å². The van der Waals surface area contributed by atoms with Gasteiger partial charge in [0.2, 0.25) is 0 Å². The zero-order chi connectivity index (χ0) is 17.6. The van der Waals surface area contributed by atoms with Crippen LogP contribution >= 0.6 is 11.6 Å². The largest absolute Gasteiger partial charge is 0.461 e. The normalized spacial score (nSPS) is 11.4. The number of carbonyl (C=O) groups is 1. The van der Waals surface area contributed by atoms with Crippen molar-refractivity contribution in [2.75, 3.05) is 6.61 Å². The summed E-state index contributed by atoms with van der Waals surface area (Å²) >= 11 is 5.93. The van der Waals surface area contributed by atoms with Gasteiger partial charge in [0.05, 0.1) is 6.61 Å². The van der Waals surface area contributed by atoms with Gasteiger partial charge in [0.1, 0.15) is 0 Å². The molecule has 0 radical (unpaired) electrons. The summed E-state index contributed by atoms with van der Waals surface area (Å²) in [6, 6.07) is 16.5. The summed E-state index contributed by atoms with van der Waals surface area (Å²) in [4.78, 5) is 12.5. The second-order valence-electron chi connectivity index (χ2n) is 5.08. The molecule has 7 heteroatoms. The minimum absolute atomic E-state index is 0.225. The molecule has 0 atom stereocenters. The Labute approximate surface area is 149 Å². The predicted octanol–water partition coefficient (Wildman–Crippen LogP) is 3.55. The molecule has 0 fully saturated rings. The molecule has 2 aromatic carbocycles. The predicted molar refractivity (Wildman–Crippen MR) is 95.5 cm³/mol. The lowest BCUT2D eigenvalue weighted by molar-refractivity contribution is -0.136. The van der Waals surface area contributed by atoms with Gasteiger partial charge in [-0.25, -0.2) is 4.79 Å². The van der Waals surface area contributed by atoms with Crippen LogP contribution in [0.5, 0.6) is 0 Å². The number of hydrogen-bond donors (Lipinski definition) is 0. The van der Waals surface area contributed by atoms with Crippen molar-refractivity contribution in [3.05, 3.63) is 65.2 Å². The number of nitrogens with zero attached hydrogens (tertiary/aromatic N) is 4. The number of halogens is 1. The first kappa shape index (κ1) is 16.9. The van der Waals surface area contributed by atoms with Crippen LogP contribution in [-0.4, -0.2) is 32.8 Å². The molecule has 0 amide bonds. The van der Waals surface area contributed by atoms with Crippen LogP contribution in [0.1, 0.15) is 12.5 Å². The highest BCUT2D eigenvalue weighted by atomic mass is 35.5. The summed E-state index contributed by atoms with van der Waals surface area (Å²) in [5.41, 5.74) is 1.80. The lowest BCUT2D eigenvalue weighted by Crippen LogP contribution is -2.14. The SMILES string of the molecule is CCOC(=O)/C(=C/c1ccccc1)n1nnnc1-c1ccc(Cl)cc1. The van der Waals surface area contributed by atoms with Gasteiger partial charge in [0.25, 0.3) is 0 Å². The lowest BCUT2D eigenvalue weighted by Gasteiger charge is -2.09. The van der Waals surface area contributed by atoms with Crippen molar-refractivity contribution >= 4 is 29.3 Å². The fourth-order valence-corrected chi connectivity index (χ4v) is 2.37. The van der Waals surface area contributed by atoms with Gasteiger partial charge >= 0.3 is 5.97 Å². The number of aromatic nitrogens is 4. The van der Waals surface area contributed by atoms with Crippen LogP contribution in [0, 0.1) is 0 Å². The Balaban J connectivity index is 2.09. The van der Waals surface area contributed by atoms with Gasteiger partial charge in [0, 0.05) is 10.6 Å². The third-order valence-electron chi connectivity index (χ3n) is 3.39. The second-order valence-corrected chi connectivity index (χ2v) is 5.52. The summed E-state index contributed by atoms with van der Waals surface area (Å²) in [6.45, 7) is 2.00. The highest BCUT2D eigenvalue weighted by Crippen LogP contribution is 2.22. The molecular formula is C18H15ClN4O2. The van der Waals surface area contributed by atoms with E-state index >= 15 is 0 Å². The van der Waals surface area contributed by atoms with E-state index in [0.29, 0.717) is 10.8 Å². The molecule has 0 bridgehead atoms. The number of carbonyl (C=O) groups excluding carboxylic acids is 1. The summed E-state index contributed by atoms with van der Waals surface area (Å²) in [7, 11) is 0. The Morgan fingerprint density at radius 2 is 1.88 bits per heavy atom. The number of tetrazole rings is 1. The summed E-state index contributed by atoms with van der Waals surface area (Å²) in [5, 5.41) is 12.3. The van der Waals surface area contributed by atoms with Crippen molar-refractivity contribution in [2.24, 2.45) is 0 Å². The quantitative estimate of drug-likeness (QED) is 0.517. The summed E-state index contributed by atoms with van der Waals surface area (Å²) < 4.78 is 6.53. The fourth-order valence-electron chi connectivity index (χ4n) is 2.25. The standard InChI is InChI=1S/C18H15ClN4O2/c1-2-25-18(24)16(12-13-6-4-3-5-7-13)23-17(20-21-22-23)14-8-10-15(19)11-9-14/h3-12H,2H2,1H3/b16-12-. The Hall–Kier alpha value is -2.99. The van der Waals surface area contributed by atoms with Gasteiger partial charge in [0.15, 0.2) is 11.5 Å². The van der Waals surface area contributed by atoms with Gasteiger partial charge in [-0.2, -0.15) is 4.68 Å². The average molecular weight is 355 g/mol. The van der Waals surface area contributed by atoms with Gasteiger partial charge in [-0.15, -0.1) is 5.10 Å².